The van der Waals surface area contributed by atoms with Crippen LogP contribution < -0.4 is 4.90 Å². The van der Waals surface area contributed by atoms with Gasteiger partial charge in [-0.2, -0.15) is 0 Å². The van der Waals surface area contributed by atoms with Gasteiger partial charge in [0, 0.05) is 42.3 Å². The molecule has 0 aliphatic rings. The van der Waals surface area contributed by atoms with Crippen molar-refractivity contribution < 1.29 is 0 Å². The predicted molar refractivity (Wildman–Crippen MR) is 225 cm³/mol. The van der Waals surface area contributed by atoms with E-state index in [2.05, 4.69) is 205 Å². The molecule has 0 aliphatic heterocycles. The van der Waals surface area contributed by atoms with E-state index < -0.39 is 0 Å². The number of thiophene rings is 1. The third kappa shape index (κ3) is 5.33. The van der Waals surface area contributed by atoms with Crippen molar-refractivity contribution in [3.8, 4) is 33.4 Å². The second kappa shape index (κ2) is 12.7. The largest absolute Gasteiger partial charge is 0.310 e. The molecule has 9 aromatic carbocycles. The number of hydrogen-bond donors (Lipinski definition) is 0. The van der Waals surface area contributed by atoms with Crippen LogP contribution >= 0.6 is 11.3 Å². The van der Waals surface area contributed by atoms with E-state index in [9.17, 15) is 0 Å². The number of hydrogen-bond acceptors (Lipinski definition) is 2. The maximum absolute atomic E-state index is 2.46. The predicted octanol–water partition coefficient (Wildman–Crippen LogP) is 14.8. The van der Waals surface area contributed by atoms with E-state index in [1.165, 1.54) is 80.8 Å². The number of fused-ring (bicyclic) bond motifs is 6. The quantitative estimate of drug-likeness (QED) is 0.169. The molecule has 0 aliphatic carbocycles. The molecule has 0 N–H and O–H groups in total. The maximum Gasteiger partial charge on any atom is 0.0547 e. The van der Waals surface area contributed by atoms with Crippen LogP contribution in [0.2, 0.25) is 0 Å². The Morgan fingerprint density at radius 3 is 1.63 bits per heavy atom. The summed E-state index contributed by atoms with van der Waals surface area (Å²) in [5.74, 6) is 0. The summed E-state index contributed by atoms with van der Waals surface area (Å²) in [7, 11) is 0. The van der Waals surface area contributed by atoms with E-state index in [0.717, 1.165) is 11.4 Å². The zero-order chi connectivity index (χ0) is 34.4. The van der Waals surface area contributed by atoms with E-state index in [1.807, 2.05) is 11.3 Å². The Balaban J connectivity index is 1.19. The van der Waals surface area contributed by atoms with Gasteiger partial charge in [-0.3, -0.25) is 0 Å². The summed E-state index contributed by atoms with van der Waals surface area (Å²) in [4.78, 5) is 2.46. The van der Waals surface area contributed by atoms with Crippen molar-refractivity contribution in [2.75, 3.05) is 4.90 Å². The van der Waals surface area contributed by atoms with Gasteiger partial charge in [0.25, 0.3) is 0 Å². The SMILES string of the molecule is c1ccc(-c2ccc(-c3cccc(N(c4ccc5ccccc5c4)c4cc5c6cc(-c7ccccc7)ccc6sc5c5ccccc45)c3)cc2)cc1. The minimum absolute atomic E-state index is 1.12. The zero-order valence-corrected chi connectivity index (χ0v) is 29.2. The van der Waals surface area contributed by atoms with Crippen LogP contribution in [-0.4, -0.2) is 0 Å². The van der Waals surface area contributed by atoms with Gasteiger partial charge in [-0.1, -0.05) is 158 Å². The average Bonchev–Trinajstić information content (AvgIpc) is 3.60. The highest BCUT2D eigenvalue weighted by Crippen LogP contribution is 2.47. The van der Waals surface area contributed by atoms with Gasteiger partial charge in [0.15, 0.2) is 0 Å². The molecule has 0 saturated heterocycles. The number of benzene rings is 9. The smallest absolute Gasteiger partial charge is 0.0547 e. The lowest BCUT2D eigenvalue weighted by atomic mass is 9.98. The lowest BCUT2D eigenvalue weighted by molar-refractivity contribution is 1.31. The number of rotatable bonds is 6. The lowest BCUT2D eigenvalue weighted by Crippen LogP contribution is -2.10. The third-order valence-corrected chi connectivity index (χ3v) is 11.4. The number of anilines is 3. The highest BCUT2D eigenvalue weighted by atomic mass is 32.1. The van der Waals surface area contributed by atoms with Crippen molar-refractivity contribution in [1.29, 1.82) is 0 Å². The van der Waals surface area contributed by atoms with E-state index in [0.29, 0.717) is 0 Å². The van der Waals surface area contributed by atoms with E-state index in [-0.39, 0.29) is 0 Å². The lowest BCUT2D eigenvalue weighted by Gasteiger charge is -2.28. The van der Waals surface area contributed by atoms with Crippen LogP contribution in [0.15, 0.2) is 200 Å². The van der Waals surface area contributed by atoms with Gasteiger partial charge in [-0.05, 0) is 86.6 Å². The van der Waals surface area contributed by atoms with Gasteiger partial charge in [0.1, 0.15) is 0 Å². The van der Waals surface area contributed by atoms with Crippen LogP contribution in [0.3, 0.4) is 0 Å². The van der Waals surface area contributed by atoms with Crippen molar-refractivity contribution in [2.24, 2.45) is 0 Å². The molecule has 1 nitrogen and oxygen atoms in total. The summed E-state index contributed by atoms with van der Waals surface area (Å²) in [6.45, 7) is 0. The topological polar surface area (TPSA) is 3.24 Å². The minimum Gasteiger partial charge on any atom is -0.310 e. The first-order chi connectivity index (χ1) is 25.8. The van der Waals surface area contributed by atoms with Crippen LogP contribution in [0.5, 0.6) is 0 Å². The summed E-state index contributed by atoms with van der Waals surface area (Å²) < 4.78 is 2.63. The zero-order valence-electron chi connectivity index (χ0n) is 28.4. The van der Waals surface area contributed by atoms with Crippen LogP contribution in [-0.2, 0) is 0 Å². The molecule has 2 heteroatoms. The summed E-state index contributed by atoms with van der Waals surface area (Å²) in [5.41, 5.74) is 10.7. The van der Waals surface area contributed by atoms with Crippen molar-refractivity contribution in [3.63, 3.8) is 0 Å². The van der Waals surface area contributed by atoms with Gasteiger partial charge in [0.05, 0.1) is 5.69 Å². The van der Waals surface area contributed by atoms with Gasteiger partial charge in [-0.15, -0.1) is 11.3 Å². The fraction of sp³-hybridized carbons (Fsp3) is 0. The second-order valence-corrected chi connectivity index (χ2v) is 14.4. The Hall–Kier alpha value is -6.48. The molecule has 52 heavy (non-hydrogen) atoms. The molecule has 0 unspecified atom stereocenters. The highest BCUT2D eigenvalue weighted by Gasteiger charge is 2.20. The second-order valence-electron chi connectivity index (χ2n) is 13.4. The van der Waals surface area contributed by atoms with E-state index >= 15 is 0 Å². The molecule has 10 rings (SSSR count). The summed E-state index contributed by atoms with van der Waals surface area (Å²) in [6.07, 6.45) is 0. The molecule has 0 fully saturated rings. The molecule has 244 valence electrons. The summed E-state index contributed by atoms with van der Waals surface area (Å²) in [5, 5.41) is 7.53. The average molecular weight is 680 g/mol. The molecule has 0 radical (unpaired) electrons. The third-order valence-electron chi connectivity index (χ3n) is 10.2. The Kier molecular flexibility index (Phi) is 7.41. The van der Waals surface area contributed by atoms with Crippen molar-refractivity contribution in [2.45, 2.75) is 0 Å². The van der Waals surface area contributed by atoms with Crippen LogP contribution in [0.4, 0.5) is 17.1 Å². The Labute approximate surface area is 307 Å². The molecular weight excluding hydrogens is 647 g/mol. The van der Waals surface area contributed by atoms with Gasteiger partial charge >= 0.3 is 0 Å². The van der Waals surface area contributed by atoms with Crippen LogP contribution in [0.1, 0.15) is 0 Å². The Morgan fingerprint density at radius 1 is 0.308 bits per heavy atom. The van der Waals surface area contributed by atoms with E-state index in [1.54, 1.807) is 0 Å². The first kappa shape index (κ1) is 30.4. The standard InChI is InChI=1S/C50H33NS/c1-3-12-34(13-4-1)37-22-24-38(25-23-37)40-18-11-19-42(30-40)51(43-28-26-36-16-7-8-17-39(36)31-43)48-33-47-46-32-41(35-14-5-2-6-15-35)27-29-49(46)52-50(47)45-21-10-9-20-44(45)48/h1-33H. The molecule has 1 aromatic heterocycles. The van der Waals surface area contributed by atoms with E-state index in [4.69, 9.17) is 0 Å². The molecule has 1 heterocycles. The van der Waals surface area contributed by atoms with Crippen molar-refractivity contribution >= 4 is 70.1 Å². The first-order valence-electron chi connectivity index (χ1n) is 17.8. The first-order valence-corrected chi connectivity index (χ1v) is 18.6. The Bertz CT molecular complexity index is 2890. The Morgan fingerprint density at radius 2 is 0.865 bits per heavy atom. The van der Waals surface area contributed by atoms with Crippen molar-refractivity contribution in [3.05, 3.63) is 200 Å². The molecule has 0 amide bonds. The minimum atomic E-state index is 1.12. The molecule has 0 spiro atoms. The highest BCUT2D eigenvalue weighted by molar-refractivity contribution is 7.26. The van der Waals surface area contributed by atoms with Gasteiger partial charge in [-0.25, -0.2) is 0 Å². The molecular formula is C50H33NS. The monoisotopic (exact) mass is 679 g/mol. The summed E-state index contributed by atoms with van der Waals surface area (Å²) >= 11 is 1.89. The fourth-order valence-electron chi connectivity index (χ4n) is 7.63. The van der Waals surface area contributed by atoms with Gasteiger partial charge in [0.2, 0.25) is 0 Å². The summed E-state index contributed by atoms with van der Waals surface area (Å²) in [6, 6.07) is 73.0. The fourth-order valence-corrected chi connectivity index (χ4v) is 8.83. The molecule has 0 saturated carbocycles. The normalized spacial score (nSPS) is 11.5. The van der Waals surface area contributed by atoms with Crippen LogP contribution in [0.25, 0.3) is 75.1 Å². The molecule has 0 atom stereocenters. The van der Waals surface area contributed by atoms with Crippen molar-refractivity contribution in [1.82, 2.24) is 0 Å². The van der Waals surface area contributed by atoms with Gasteiger partial charge < -0.3 is 4.90 Å². The van der Waals surface area contributed by atoms with Crippen LogP contribution in [0, 0.1) is 0 Å². The maximum atomic E-state index is 2.46. The molecule has 0 bridgehead atoms. The number of nitrogens with zero attached hydrogens (tertiary/aromatic N) is 1. The molecule has 10 aromatic rings.